The molecule has 3 rings (SSSR count). The number of aryl methyl sites for hydroxylation is 2. The minimum Gasteiger partial charge on any atom is -0.319 e. The Morgan fingerprint density at radius 1 is 1.32 bits per heavy atom. The number of aromatic nitrogens is 4. The van der Waals surface area contributed by atoms with Crippen LogP contribution >= 0.6 is 0 Å². The standard InChI is InChI=1S/C16H13N5O/c1-4-12-5-6-13(8-17-12)20-16(22)14-15-19-10(2)7-11(3)21(15)9-18-14/h1,5-9H,2-3H3,(H,20,22). The first-order valence-corrected chi connectivity index (χ1v) is 6.64. The number of carbonyl (C=O) groups excluding carboxylic acids is 1. The fourth-order valence-corrected chi connectivity index (χ4v) is 2.18. The van der Waals surface area contributed by atoms with Gasteiger partial charge < -0.3 is 5.32 Å². The number of amides is 1. The third kappa shape index (κ3) is 2.40. The SMILES string of the molecule is C#Cc1ccc(NC(=O)c2ncn3c(C)cc(C)nc23)cn1. The van der Waals surface area contributed by atoms with E-state index in [1.54, 1.807) is 22.9 Å². The van der Waals surface area contributed by atoms with Crippen LogP contribution in [0, 0.1) is 26.2 Å². The van der Waals surface area contributed by atoms with Crippen LogP contribution in [0.4, 0.5) is 5.69 Å². The van der Waals surface area contributed by atoms with Crippen molar-refractivity contribution in [2.45, 2.75) is 13.8 Å². The molecule has 6 nitrogen and oxygen atoms in total. The summed E-state index contributed by atoms with van der Waals surface area (Å²) < 4.78 is 1.78. The molecule has 0 bridgehead atoms. The van der Waals surface area contributed by atoms with E-state index in [4.69, 9.17) is 6.42 Å². The Morgan fingerprint density at radius 2 is 2.14 bits per heavy atom. The molecule has 0 aliphatic carbocycles. The van der Waals surface area contributed by atoms with Crippen molar-refractivity contribution in [2.24, 2.45) is 0 Å². The molecule has 0 aliphatic rings. The maximum atomic E-state index is 12.4. The monoisotopic (exact) mass is 291 g/mol. The van der Waals surface area contributed by atoms with Crippen molar-refractivity contribution < 1.29 is 4.79 Å². The molecule has 0 spiro atoms. The lowest BCUT2D eigenvalue weighted by Crippen LogP contribution is -2.13. The summed E-state index contributed by atoms with van der Waals surface area (Å²) in [5.74, 6) is 2.08. The maximum absolute atomic E-state index is 12.4. The highest BCUT2D eigenvalue weighted by Gasteiger charge is 2.16. The Labute approximate surface area is 127 Å². The molecular formula is C16H13N5O. The van der Waals surface area contributed by atoms with Gasteiger partial charge in [0.2, 0.25) is 0 Å². The van der Waals surface area contributed by atoms with Crippen LogP contribution < -0.4 is 5.32 Å². The van der Waals surface area contributed by atoms with E-state index in [1.165, 1.54) is 6.20 Å². The summed E-state index contributed by atoms with van der Waals surface area (Å²) in [4.78, 5) is 24.9. The number of carbonyl (C=O) groups is 1. The number of anilines is 1. The maximum Gasteiger partial charge on any atom is 0.278 e. The van der Waals surface area contributed by atoms with Gasteiger partial charge in [-0.25, -0.2) is 15.0 Å². The smallest absolute Gasteiger partial charge is 0.278 e. The Bertz CT molecular complexity index is 903. The number of pyridine rings is 1. The molecule has 1 amide bonds. The van der Waals surface area contributed by atoms with E-state index in [9.17, 15) is 4.79 Å². The predicted molar refractivity (Wildman–Crippen MR) is 82.6 cm³/mol. The van der Waals surface area contributed by atoms with Crippen molar-refractivity contribution >= 4 is 17.2 Å². The van der Waals surface area contributed by atoms with Gasteiger partial charge in [-0.1, -0.05) is 5.92 Å². The Kier molecular flexibility index (Phi) is 3.31. The summed E-state index contributed by atoms with van der Waals surface area (Å²) in [6, 6.07) is 5.29. The van der Waals surface area contributed by atoms with E-state index in [1.807, 2.05) is 19.9 Å². The number of hydrogen-bond acceptors (Lipinski definition) is 4. The van der Waals surface area contributed by atoms with E-state index in [-0.39, 0.29) is 11.6 Å². The van der Waals surface area contributed by atoms with Crippen molar-refractivity contribution in [1.82, 2.24) is 19.4 Å². The average molecular weight is 291 g/mol. The minimum atomic E-state index is -0.338. The minimum absolute atomic E-state index is 0.271. The number of terminal acetylenes is 1. The molecular weight excluding hydrogens is 278 g/mol. The van der Waals surface area contributed by atoms with Crippen LogP contribution in [0.3, 0.4) is 0 Å². The van der Waals surface area contributed by atoms with Crippen molar-refractivity contribution in [2.75, 3.05) is 5.32 Å². The molecule has 0 atom stereocenters. The summed E-state index contributed by atoms with van der Waals surface area (Å²) in [5, 5.41) is 2.74. The van der Waals surface area contributed by atoms with Gasteiger partial charge in [0.1, 0.15) is 12.0 Å². The van der Waals surface area contributed by atoms with Crippen LogP contribution in [-0.2, 0) is 0 Å². The van der Waals surface area contributed by atoms with E-state index < -0.39 is 0 Å². The summed E-state index contributed by atoms with van der Waals surface area (Å²) in [6.07, 6.45) is 8.35. The van der Waals surface area contributed by atoms with Crippen LogP contribution in [0.5, 0.6) is 0 Å². The quantitative estimate of drug-likeness (QED) is 0.733. The number of nitrogens with one attached hydrogen (secondary N) is 1. The van der Waals surface area contributed by atoms with Crippen molar-refractivity contribution in [1.29, 1.82) is 0 Å². The number of fused-ring (bicyclic) bond motifs is 1. The fraction of sp³-hybridized carbons (Fsp3) is 0.125. The number of nitrogens with zero attached hydrogens (tertiary/aromatic N) is 4. The lowest BCUT2D eigenvalue weighted by atomic mass is 10.3. The van der Waals surface area contributed by atoms with Crippen molar-refractivity contribution in [3.63, 3.8) is 0 Å². The van der Waals surface area contributed by atoms with Crippen molar-refractivity contribution in [3.05, 3.63) is 53.5 Å². The number of rotatable bonds is 2. The summed E-state index contributed by atoms with van der Waals surface area (Å²) in [6.45, 7) is 3.82. The molecule has 1 N–H and O–H groups in total. The third-order valence-electron chi connectivity index (χ3n) is 3.21. The van der Waals surface area contributed by atoms with E-state index in [2.05, 4.69) is 26.2 Å². The first-order chi connectivity index (χ1) is 10.6. The summed E-state index contributed by atoms with van der Waals surface area (Å²) >= 11 is 0. The molecule has 3 heterocycles. The number of imidazole rings is 1. The molecule has 0 aliphatic heterocycles. The average Bonchev–Trinajstić information content (AvgIpc) is 2.92. The highest BCUT2D eigenvalue weighted by Crippen LogP contribution is 2.14. The lowest BCUT2D eigenvalue weighted by Gasteiger charge is -2.04. The fourth-order valence-electron chi connectivity index (χ4n) is 2.18. The van der Waals surface area contributed by atoms with Crippen LogP contribution in [-0.4, -0.2) is 25.3 Å². The van der Waals surface area contributed by atoms with Gasteiger partial charge in [-0.3, -0.25) is 9.20 Å². The largest absolute Gasteiger partial charge is 0.319 e. The highest BCUT2D eigenvalue weighted by molar-refractivity contribution is 6.06. The van der Waals surface area contributed by atoms with Gasteiger partial charge in [0.25, 0.3) is 5.91 Å². The predicted octanol–water partition coefficient (Wildman–Crippen LogP) is 1.97. The van der Waals surface area contributed by atoms with Gasteiger partial charge in [0.05, 0.1) is 11.9 Å². The van der Waals surface area contributed by atoms with Crippen LogP contribution in [0.15, 0.2) is 30.7 Å². The molecule has 108 valence electrons. The Balaban J connectivity index is 1.93. The second-order valence-electron chi connectivity index (χ2n) is 4.86. The lowest BCUT2D eigenvalue weighted by molar-refractivity contribution is 0.102. The topological polar surface area (TPSA) is 72.2 Å². The van der Waals surface area contributed by atoms with Crippen LogP contribution in [0.2, 0.25) is 0 Å². The van der Waals surface area contributed by atoms with Gasteiger partial charge in [0.15, 0.2) is 11.3 Å². The second-order valence-corrected chi connectivity index (χ2v) is 4.86. The molecule has 22 heavy (non-hydrogen) atoms. The van der Waals surface area contributed by atoms with Crippen LogP contribution in [0.1, 0.15) is 27.6 Å². The van der Waals surface area contributed by atoms with E-state index in [0.29, 0.717) is 17.0 Å². The molecule has 0 saturated heterocycles. The molecule has 0 radical (unpaired) electrons. The molecule has 3 aromatic rings. The van der Waals surface area contributed by atoms with Crippen molar-refractivity contribution in [3.8, 4) is 12.3 Å². The zero-order valence-electron chi connectivity index (χ0n) is 12.2. The first-order valence-electron chi connectivity index (χ1n) is 6.64. The van der Waals surface area contributed by atoms with Gasteiger partial charge >= 0.3 is 0 Å². The molecule has 6 heteroatoms. The highest BCUT2D eigenvalue weighted by atomic mass is 16.1. The van der Waals surface area contributed by atoms with Gasteiger partial charge in [-0.05, 0) is 32.0 Å². The zero-order chi connectivity index (χ0) is 15.7. The zero-order valence-corrected chi connectivity index (χ0v) is 12.2. The first kappa shape index (κ1) is 13.8. The normalized spacial score (nSPS) is 10.4. The van der Waals surface area contributed by atoms with E-state index >= 15 is 0 Å². The van der Waals surface area contributed by atoms with Gasteiger partial charge in [-0.15, -0.1) is 6.42 Å². The molecule has 0 saturated carbocycles. The van der Waals surface area contributed by atoms with E-state index in [0.717, 1.165) is 11.4 Å². The van der Waals surface area contributed by atoms with Crippen LogP contribution in [0.25, 0.3) is 5.65 Å². The van der Waals surface area contributed by atoms with Gasteiger partial charge in [0, 0.05) is 11.4 Å². The second kappa shape index (κ2) is 5.30. The molecule has 3 aromatic heterocycles. The summed E-state index contributed by atoms with van der Waals surface area (Å²) in [5.41, 5.74) is 3.66. The molecule has 0 unspecified atom stereocenters. The summed E-state index contributed by atoms with van der Waals surface area (Å²) in [7, 11) is 0. The Hall–Kier alpha value is -3.20. The third-order valence-corrected chi connectivity index (χ3v) is 3.21. The Morgan fingerprint density at radius 3 is 2.82 bits per heavy atom. The van der Waals surface area contributed by atoms with Gasteiger partial charge in [-0.2, -0.15) is 0 Å². The molecule has 0 fully saturated rings. The number of hydrogen-bond donors (Lipinski definition) is 1. The molecule has 0 aromatic carbocycles.